The van der Waals surface area contributed by atoms with E-state index in [1.165, 1.54) is 18.2 Å². The molecule has 102 valence electrons. The van der Waals surface area contributed by atoms with Crippen molar-refractivity contribution in [1.29, 1.82) is 0 Å². The number of nitro benzene ring substituents is 1. The van der Waals surface area contributed by atoms with Crippen molar-refractivity contribution in [3.05, 3.63) is 33.9 Å². The number of carbonyl (C=O) groups excluding carboxylic acids is 1. The molecule has 7 nitrogen and oxygen atoms in total. The summed E-state index contributed by atoms with van der Waals surface area (Å²) in [5.74, 6) is -0.171. The molecule has 7 heteroatoms. The van der Waals surface area contributed by atoms with Crippen molar-refractivity contribution in [1.82, 2.24) is 0 Å². The lowest BCUT2D eigenvalue weighted by Gasteiger charge is -2.17. The average Bonchev–Trinajstić information content (AvgIpc) is 3.19. The van der Waals surface area contributed by atoms with Gasteiger partial charge >= 0.3 is 0 Å². The highest BCUT2D eigenvalue weighted by Crippen LogP contribution is 2.35. The highest BCUT2D eigenvalue weighted by molar-refractivity contribution is 5.94. The Balaban J connectivity index is 2.31. The monoisotopic (exact) mass is 264 g/mol. The number of nitrogens with one attached hydrogen (secondary N) is 1. The molecule has 2 rings (SSSR count). The third-order valence-corrected chi connectivity index (χ3v) is 3.26. The van der Waals surface area contributed by atoms with Crippen LogP contribution in [0.1, 0.15) is 23.2 Å². The summed E-state index contributed by atoms with van der Waals surface area (Å²) in [6.45, 7) is 0.391. The predicted octanol–water partition coefficient (Wildman–Crippen LogP) is 0.843. The van der Waals surface area contributed by atoms with Crippen molar-refractivity contribution in [2.45, 2.75) is 18.9 Å². The fraction of sp³-hybridized carbons (Fsp3) is 0.417. The Kier molecular flexibility index (Phi) is 3.66. The molecule has 0 spiro atoms. The van der Waals surface area contributed by atoms with Crippen molar-refractivity contribution in [3.63, 3.8) is 0 Å². The molecule has 1 saturated carbocycles. The number of carbonyl (C=O) groups is 1. The number of anilines is 1. The molecule has 0 radical (unpaired) electrons. The summed E-state index contributed by atoms with van der Waals surface area (Å²) in [7, 11) is 0. The van der Waals surface area contributed by atoms with Gasteiger partial charge in [0.25, 0.3) is 5.69 Å². The minimum absolute atomic E-state index is 0.0122. The van der Waals surface area contributed by atoms with E-state index in [1.807, 2.05) is 0 Å². The highest BCUT2D eigenvalue weighted by atomic mass is 16.6. The van der Waals surface area contributed by atoms with Gasteiger partial charge in [-0.15, -0.1) is 0 Å². The Bertz CT molecular complexity index is 514. The van der Waals surface area contributed by atoms with Gasteiger partial charge in [0.05, 0.1) is 4.92 Å². The maximum Gasteiger partial charge on any atom is 0.292 e. The molecule has 1 atom stereocenters. The van der Waals surface area contributed by atoms with E-state index in [9.17, 15) is 14.9 Å². The second-order valence-electron chi connectivity index (χ2n) is 4.68. The van der Waals surface area contributed by atoms with E-state index >= 15 is 0 Å². The summed E-state index contributed by atoms with van der Waals surface area (Å²) in [6, 6.07) is 4.02. The van der Waals surface area contributed by atoms with Gasteiger partial charge in [-0.25, -0.2) is 0 Å². The van der Waals surface area contributed by atoms with Gasteiger partial charge in [-0.3, -0.25) is 14.9 Å². The first kappa shape index (κ1) is 13.3. The van der Waals surface area contributed by atoms with Crippen molar-refractivity contribution in [3.8, 4) is 0 Å². The molecule has 0 bridgehead atoms. The molecular weight excluding hydrogens is 248 g/mol. The van der Waals surface area contributed by atoms with E-state index in [-0.39, 0.29) is 17.3 Å². The standard InChI is InChI=1S/C12H16N4O3/c13-6-10(7-1-2-7)15-9-5-8(12(14)17)3-4-11(9)16(18)19/h3-5,7,10,15H,1-2,6,13H2,(H2,14,17). The largest absolute Gasteiger partial charge is 0.375 e. The second kappa shape index (κ2) is 5.23. The Morgan fingerprint density at radius 1 is 1.53 bits per heavy atom. The minimum Gasteiger partial charge on any atom is -0.375 e. The van der Waals surface area contributed by atoms with Crippen LogP contribution in [0.2, 0.25) is 0 Å². The SMILES string of the molecule is NCC(Nc1cc(C(N)=O)ccc1[N+](=O)[O-])C1CC1. The zero-order chi connectivity index (χ0) is 14.0. The molecule has 1 aliphatic rings. The van der Waals surface area contributed by atoms with E-state index < -0.39 is 10.8 Å². The quantitative estimate of drug-likeness (QED) is 0.518. The Labute approximate surface area is 110 Å². The topological polar surface area (TPSA) is 124 Å². The molecular formula is C12H16N4O3. The third-order valence-electron chi connectivity index (χ3n) is 3.26. The van der Waals surface area contributed by atoms with Gasteiger partial charge in [-0.2, -0.15) is 0 Å². The molecule has 1 amide bonds. The van der Waals surface area contributed by atoms with Crippen molar-refractivity contribution >= 4 is 17.3 Å². The average molecular weight is 264 g/mol. The molecule has 1 aliphatic carbocycles. The fourth-order valence-electron chi connectivity index (χ4n) is 2.03. The first-order valence-electron chi connectivity index (χ1n) is 6.07. The Morgan fingerprint density at radius 2 is 2.21 bits per heavy atom. The van der Waals surface area contributed by atoms with Gasteiger partial charge in [0.2, 0.25) is 5.91 Å². The molecule has 19 heavy (non-hydrogen) atoms. The van der Waals surface area contributed by atoms with Crippen molar-refractivity contribution in [2.24, 2.45) is 17.4 Å². The number of hydrogen-bond donors (Lipinski definition) is 3. The van der Waals surface area contributed by atoms with Crippen LogP contribution < -0.4 is 16.8 Å². The number of benzene rings is 1. The maximum atomic E-state index is 11.1. The van der Waals surface area contributed by atoms with E-state index in [4.69, 9.17) is 11.5 Å². The van der Waals surface area contributed by atoms with Gasteiger partial charge in [0.1, 0.15) is 5.69 Å². The van der Waals surface area contributed by atoms with Crippen LogP contribution in [0.3, 0.4) is 0 Å². The van der Waals surface area contributed by atoms with Crippen LogP contribution >= 0.6 is 0 Å². The summed E-state index contributed by atoms with van der Waals surface area (Å²) in [5.41, 5.74) is 11.3. The molecule has 1 aromatic rings. The summed E-state index contributed by atoms with van der Waals surface area (Å²) < 4.78 is 0. The van der Waals surface area contributed by atoms with E-state index in [0.717, 1.165) is 12.8 Å². The molecule has 0 saturated heterocycles. The van der Waals surface area contributed by atoms with Gasteiger partial charge in [-0.05, 0) is 30.9 Å². The smallest absolute Gasteiger partial charge is 0.292 e. The van der Waals surface area contributed by atoms with Gasteiger partial charge in [-0.1, -0.05) is 0 Å². The Hall–Kier alpha value is -2.15. The Morgan fingerprint density at radius 3 is 2.68 bits per heavy atom. The van der Waals surface area contributed by atoms with Crippen LogP contribution in [0.15, 0.2) is 18.2 Å². The van der Waals surface area contributed by atoms with Crippen LogP contribution in [-0.2, 0) is 0 Å². The predicted molar refractivity (Wildman–Crippen MR) is 70.8 cm³/mol. The van der Waals surface area contributed by atoms with Crippen LogP contribution in [0.4, 0.5) is 11.4 Å². The second-order valence-corrected chi connectivity index (χ2v) is 4.68. The van der Waals surface area contributed by atoms with E-state index in [0.29, 0.717) is 18.2 Å². The molecule has 5 N–H and O–H groups in total. The molecule has 0 aromatic heterocycles. The first-order chi connectivity index (χ1) is 9.02. The molecule has 0 heterocycles. The molecule has 1 unspecified atom stereocenters. The van der Waals surface area contributed by atoms with Crippen molar-refractivity contribution in [2.75, 3.05) is 11.9 Å². The number of nitro groups is 1. The molecule has 1 fully saturated rings. The number of nitrogens with two attached hydrogens (primary N) is 2. The number of nitrogens with zero attached hydrogens (tertiary/aromatic N) is 1. The molecule has 0 aliphatic heterocycles. The number of rotatable bonds is 6. The summed E-state index contributed by atoms with van der Waals surface area (Å²) in [5, 5.41) is 14.0. The number of amides is 1. The third kappa shape index (κ3) is 3.00. The lowest BCUT2D eigenvalue weighted by Crippen LogP contribution is -2.31. The van der Waals surface area contributed by atoms with Gasteiger partial charge in [0, 0.05) is 24.2 Å². The first-order valence-corrected chi connectivity index (χ1v) is 6.07. The van der Waals surface area contributed by atoms with Gasteiger partial charge < -0.3 is 16.8 Å². The maximum absolute atomic E-state index is 11.1. The molecule has 1 aromatic carbocycles. The summed E-state index contributed by atoms with van der Waals surface area (Å²) in [4.78, 5) is 21.6. The fourth-order valence-corrected chi connectivity index (χ4v) is 2.03. The van der Waals surface area contributed by atoms with Gasteiger partial charge in [0.15, 0.2) is 0 Å². The highest BCUT2D eigenvalue weighted by Gasteiger charge is 2.31. The number of primary amides is 1. The lowest BCUT2D eigenvalue weighted by atomic mass is 10.1. The van der Waals surface area contributed by atoms with Crippen LogP contribution in [0.5, 0.6) is 0 Å². The van der Waals surface area contributed by atoms with E-state index in [1.54, 1.807) is 0 Å². The van der Waals surface area contributed by atoms with Crippen LogP contribution in [0, 0.1) is 16.0 Å². The number of hydrogen-bond acceptors (Lipinski definition) is 5. The van der Waals surface area contributed by atoms with Crippen LogP contribution in [0.25, 0.3) is 0 Å². The van der Waals surface area contributed by atoms with Crippen molar-refractivity contribution < 1.29 is 9.72 Å². The summed E-state index contributed by atoms with van der Waals surface area (Å²) >= 11 is 0. The lowest BCUT2D eigenvalue weighted by molar-refractivity contribution is -0.384. The summed E-state index contributed by atoms with van der Waals surface area (Å²) in [6.07, 6.45) is 2.14. The van der Waals surface area contributed by atoms with E-state index in [2.05, 4.69) is 5.32 Å². The normalized spacial score (nSPS) is 15.8. The van der Waals surface area contributed by atoms with Crippen LogP contribution in [-0.4, -0.2) is 23.4 Å². The minimum atomic E-state index is -0.617. The zero-order valence-electron chi connectivity index (χ0n) is 10.3. The zero-order valence-corrected chi connectivity index (χ0v) is 10.3.